The molecule has 1 amide bonds. The van der Waals surface area contributed by atoms with Gasteiger partial charge in [0.15, 0.2) is 6.61 Å². The number of rotatable bonds is 6. The zero-order chi connectivity index (χ0) is 18.7. The Balaban J connectivity index is 1.70. The van der Waals surface area contributed by atoms with Crippen LogP contribution in [0.2, 0.25) is 0 Å². The zero-order valence-corrected chi connectivity index (χ0v) is 16.1. The average Bonchev–Trinajstić information content (AvgIpc) is 2.88. The first-order valence-electron chi connectivity index (χ1n) is 9.27. The highest BCUT2D eigenvalue weighted by Gasteiger charge is 2.30. The molecule has 1 saturated carbocycles. The lowest BCUT2D eigenvalue weighted by Gasteiger charge is -2.22. The van der Waals surface area contributed by atoms with Crippen molar-refractivity contribution in [3.8, 4) is 0 Å². The summed E-state index contributed by atoms with van der Waals surface area (Å²) >= 11 is 1.43. The molecule has 2 aliphatic rings. The minimum atomic E-state index is -0.421. The first-order chi connectivity index (χ1) is 12.5. The third-order valence-corrected chi connectivity index (χ3v) is 6.20. The number of thiophene rings is 1. The Morgan fingerprint density at radius 3 is 2.62 bits per heavy atom. The summed E-state index contributed by atoms with van der Waals surface area (Å²) < 4.78 is 10.3. The number of fused-ring (bicyclic) bond motifs is 1. The van der Waals surface area contributed by atoms with E-state index in [1.807, 2.05) is 0 Å². The molecule has 1 fully saturated rings. The Labute approximate surface area is 157 Å². The van der Waals surface area contributed by atoms with Gasteiger partial charge in [0.2, 0.25) is 0 Å². The predicted octanol–water partition coefficient (Wildman–Crippen LogP) is 3.33. The van der Waals surface area contributed by atoms with Crippen molar-refractivity contribution in [2.24, 2.45) is 11.8 Å². The average molecular weight is 379 g/mol. The summed E-state index contributed by atoms with van der Waals surface area (Å²) in [6.07, 6.45) is 5.44. The molecule has 3 rings (SSSR count). The number of carbonyl (C=O) groups is 3. The Morgan fingerprint density at radius 1 is 1.19 bits per heavy atom. The molecule has 1 aromatic heterocycles. The maximum Gasteiger partial charge on any atom is 0.341 e. The third kappa shape index (κ3) is 4.09. The molecule has 0 radical (unpaired) electrons. The molecule has 1 heterocycles. The summed E-state index contributed by atoms with van der Waals surface area (Å²) in [6, 6.07) is 0. The molecule has 0 bridgehead atoms. The van der Waals surface area contributed by atoms with Gasteiger partial charge in [-0.1, -0.05) is 13.3 Å². The van der Waals surface area contributed by atoms with Gasteiger partial charge < -0.3 is 14.8 Å². The normalized spacial score (nSPS) is 19.2. The van der Waals surface area contributed by atoms with E-state index in [1.54, 1.807) is 6.92 Å². The molecule has 1 N–H and O–H groups in total. The Bertz CT molecular complexity index is 707. The molecule has 1 aromatic rings. The molecule has 2 aliphatic carbocycles. The van der Waals surface area contributed by atoms with E-state index < -0.39 is 11.9 Å². The highest BCUT2D eigenvalue weighted by Crippen LogP contribution is 2.40. The fraction of sp³-hybridized carbons (Fsp3) is 0.632. The van der Waals surface area contributed by atoms with Crippen molar-refractivity contribution in [3.63, 3.8) is 0 Å². The molecule has 0 aliphatic heterocycles. The van der Waals surface area contributed by atoms with Gasteiger partial charge in [-0.25, -0.2) is 4.79 Å². The van der Waals surface area contributed by atoms with Crippen LogP contribution in [0.1, 0.15) is 60.3 Å². The van der Waals surface area contributed by atoms with Crippen LogP contribution in [0.15, 0.2) is 0 Å². The van der Waals surface area contributed by atoms with Gasteiger partial charge in [-0.3, -0.25) is 9.59 Å². The van der Waals surface area contributed by atoms with Gasteiger partial charge in [-0.15, -0.1) is 11.3 Å². The zero-order valence-electron chi connectivity index (χ0n) is 15.3. The number of nitrogens with one attached hydrogen (secondary N) is 1. The smallest absolute Gasteiger partial charge is 0.341 e. The lowest BCUT2D eigenvalue weighted by Crippen LogP contribution is -2.28. The number of hydrogen-bond donors (Lipinski definition) is 1. The SMILES string of the molecule is CCOC(=O)c1c(NC(=O)COC(=O)C2CCC2)sc2c1CC[C@H](C)C2. The largest absolute Gasteiger partial charge is 0.462 e. The Hall–Kier alpha value is -1.89. The third-order valence-electron chi connectivity index (χ3n) is 5.03. The number of ether oxygens (including phenoxy) is 2. The summed E-state index contributed by atoms with van der Waals surface area (Å²) in [5.41, 5.74) is 1.46. The minimum absolute atomic E-state index is 0.0616. The van der Waals surface area contributed by atoms with Gasteiger partial charge in [-0.2, -0.15) is 0 Å². The van der Waals surface area contributed by atoms with Crippen LogP contribution in [0.5, 0.6) is 0 Å². The second-order valence-corrected chi connectivity index (χ2v) is 8.17. The van der Waals surface area contributed by atoms with Crippen LogP contribution in [-0.4, -0.2) is 31.1 Å². The number of esters is 2. The second kappa shape index (κ2) is 8.20. The second-order valence-electron chi connectivity index (χ2n) is 7.06. The Morgan fingerprint density at radius 2 is 1.96 bits per heavy atom. The first-order valence-corrected chi connectivity index (χ1v) is 10.1. The van der Waals surface area contributed by atoms with E-state index in [2.05, 4.69) is 12.2 Å². The summed E-state index contributed by atoms with van der Waals surface area (Å²) in [4.78, 5) is 37.5. The molecule has 142 valence electrons. The molecule has 6 nitrogen and oxygen atoms in total. The molecule has 0 unspecified atom stereocenters. The molecular formula is C19H25NO5S. The number of anilines is 1. The van der Waals surface area contributed by atoms with Gasteiger partial charge in [0.1, 0.15) is 5.00 Å². The van der Waals surface area contributed by atoms with E-state index in [0.717, 1.165) is 49.0 Å². The Kier molecular flexibility index (Phi) is 5.96. The van der Waals surface area contributed by atoms with Crippen molar-refractivity contribution in [2.45, 2.75) is 52.4 Å². The number of hydrogen-bond acceptors (Lipinski definition) is 6. The fourth-order valence-corrected chi connectivity index (χ4v) is 4.73. The van der Waals surface area contributed by atoms with Crippen LogP contribution in [-0.2, 0) is 31.9 Å². The van der Waals surface area contributed by atoms with Gasteiger partial charge in [-0.05, 0) is 50.5 Å². The molecule has 7 heteroatoms. The molecule has 26 heavy (non-hydrogen) atoms. The van der Waals surface area contributed by atoms with E-state index in [-0.39, 0.29) is 25.1 Å². The molecule has 0 spiro atoms. The van der Waals surface area contributed by atoms with E-state index in [0.29, 0.717) is 16.5 Å². The minimum Gasteiger partial charge on any atom is -0.462 e. The van der Waals surface area contributed by atoms with Crippen LogP contribution in [0.3, 0.4) is 0 Å². The van der Waals surface area contributed by atoms with Crippen molar-refractivity contribution in [1.82, 2.24) is 0 Å². The molecule has 0 aromatic carbocycles. The highest BCUT2D eigenvalue weighted by atomic mass is 32.1. The van der Waals surface area contributed by atoms with Crippen LogP contribution in [0, 0.1) is 11.8 Å². The summed E-state index contributed by atoms with van der Waals surface area (Å²) in [5.74, 6) is -0.635. The van der Waals surface area contributed by atoms with Crippen LogP contribution < -0.4 is 5.32 Å². The van der Waals surface area contributed by atoms with Crippen molar-refractivity contribution < 1.29 is 23.9 Å². The van der Waals surface area contributed by atoms with E-state index in [9.17, 15) is 14.4 Å². The van der Waals surface area contributed by atoms with Crippen molar-refractivity contribution >= 4 is 34.2 Å². The molecular weight excluding hydrogens is 354 g/mol. The maximum atomic E-state index is 12.4. The van der Waals surface area contributed by atoms with Crippen molar-refractivity contribution in [2.75, 3.05) is 18.5 Å². The maximum absolute atomic E-state index is 12.4. The predicted molar refractivity (Wildman–Crippen MR) is 98.4 cm³/mol. The van der Waals surface area contributed by atoms with Crippen LogP contribution in [0.25, 0.3) is 0 Å². The summed E-state index contributed by atoms with van der Waals surface area (Å²) in [6.45, 7) is 3.91. The van der Waals surface area contributed by atoms with Crippen LogP contribution >= 0.6 is 11.3 Å². The highest BCUT2D eigenvalue weighted by molar-refractivity contribution is 7.17. The molecule has 0 saturated heterocycles. The number of amides is 1. The summed E-state index contributed by atoms with van der Waals surface area (Å²) in [7, 11) is 0. The van der Waals surface area contributed by atoms with E-state index in [1.165, 1.54) is 11.3 Å². The lowest BCUT2D eigenvalue weighted by molar-refractivity contribution is -0.154. The topological polar surface area (TPSA) is 81.7 Å². The van der Waals surface area contributed by atoms with Crippen molar-refractivity contribution in [1.29, 1.82) is 0 Å². The van der Waals surface area contributed by atoms with Gasteiger partial charge in [0.25, 0.3) is 5.91 Å². The first kappa shape index (κ1) is 18.9. The standard InChI is InChI=1S/C19H25NO5S/c1-3-24-19(23)16-13-8-7-11(2)9-14(13)26-17(16)20-15(21)10-25-18(22)12-5-4-6-12/h11-12H,3-10H2,1-2H3,(H,20,21)/t11-/m0/s1. The number of carbonyl (C=O) groups excluding carboxylic acids is 3. The van der Waals surface area contributed by atoms with E-state index in [4.69, 9.17) is 9.47 Å². The van der Waals surface area contributed by atoms with Gasteiger partial charge in [0.05, 0.1) is 18.1 Å². The molecule has 1 atom stereocenters. The van der Waals surface area contributed by atoms with Gasteiger partial charge in [0, 0.05) is 4.88 Å². The quantitative estimate of drug-likeness (QED) is 0.767. The summed E-state index contributed by atoms with van der Waals surface area (Å²) in [5, 5.41) is 3.26. The lowest BCUT2D eigenvalue weighted by atomic mass is 9.86. The fourth-order valence-electron chi connectivity index (χ4n) is 3.32. The van der Waals surface area contributed by atoms with Crippen molar-refractivity contribution in [3.05, 3.63) is 16.0 Å². The van der Waals surface area contributed by atoms with Gasteiger partial charge >= 0.3 is 11.9 Å². The van der Waals surface area contributed by atoms with Crippen LogP contribution in [0.4, 0.5) is 5.00 Å². The monoisotopic (exact) mass is 379 g/mol. The van der Waals surface area contributed by atoms with E-state index >= 15 is 0 Å².